The van der Waals surface area contributed by atoms with Gasteiger partial charge in [0, 0.05) is 30.9 Å². The number of amides is 1. The second kappa shape index (κ2) is 10.5. The molecule has 0 aliphatic heterocycles. The van der Waals surface area contributed by atoms with Gasteiger partial charge in [-0.1, -0.05) is 95.6 Å². The Hall–Kier alpha value is -3.73. The molecule has 0 aliphatic carbocycles. The first-order valence-corrected chi connectivity index (χ1v) is 11.0. The fraction of sp³-hybridized carbons (Fsp3) is 0.222. The Morgan fingerprint density at radius 3 is 2.16 bits per heavy atom. The zero-order chi connectivity index (χ0) is 22.2. The number of nitrogens with one attached hydrogen (secondary N) is 1. The first-order chi connectivity index (χ1) is 15.7. The fourth-order valence-electron chi connectivity index (χ4n) is 3.74. The SMILES string of the molecule is Cc1ccc(-c2noc(CCC(=O)NCCC(c3ccccc3)c3ccccc3)n2)cc1. The molecule has 1 N–H and O–H groups in total. The summed E-state index contributed by atoms with van der Waals surface area (Å²) in [7, 11) is 0. The van der Waals surface area contributed by atoms with Crippen molar-refractivity contribution in [3.63, 3.8) is 0 Å². The van der Waals surface area contributed by atoms with Crippen molar-refractivity contribution in [2.45, 2.75) is 32.1 Å². The van der Waals surface area contributed by atoms with Crippen molar-refractivity contribution in [1.82, 2.24) is 15.5 Å². The van der Waals surface area contributed by atoms with E-state index >= 15 is 0 Å². The number of benzene rings is 3. The molecule has 0 saturated carbocycles. The van der Waals surface area contributed by atoms with Gasteiger partial charge in [0.05, 0.1) is 0 Å². The van der Waals surface area contributed by atoms with E-state index in [1.54, 1.807) is 0 Å². The van der Waals surface area contributed by atoms with Crippen LogP contribution in [0.15, 0.2) is 89.5 Å². The summed E-state index contributed by atoms with van der Waals surface area (Å²) in [5.41, 5.74) is 4.59. The van der Waals surface area contributed by atoms with Crippen LogP contribution in [-0.4, -0.2) is 22.6 Å². The molecule has 32 heavy (non-hydrogen) atoms. The predicted octanol–water partition coefficient (Wildman–Crippen LogP) is 5.32. The van der Waals surface area contributed by atoms with E-state index < -0.39 is 0 Å². The van der Waals surface area contributed by atoms with Gasteiger partial charge in [-0.05, 0) is 24.5 Å². The van der Waals surface area contributed by atoms with Crippen molar-refractivity contribution in [1.29, 1.82) is 0 Å². The maximum Gasteiger partial charge on any atom is 0.227 e. The summed E-state index contributed by atoms with van der Waals surface area (Å²) in [5.74, 6) is 1.25. The van der Waals surface area contributed by atoms with Crippen LogP contribution in [0.2, 0.25) is 0 Å². The second-order valence-corrected chi connectivity index (χ2v) is 7.89. The van der Waals surface area contributed by atoms with Crippen LogP contribution in [0.3, 0.4) is 0 Å². The highest BCUT2D eigenvalue weighted by molar-refractivity contribution is 5.76. The van der Waals surface area contributed by atoms with Crippen molar-refractivity contribution in [3.8, 4) is 11.4 Å². The molecule has 5 nitrogen and oxygen atoms in total. The molecule has 1 aromatic heterocycles. The third-order valence-corrected chi connectivity index (χ3v) is 5.50. The number of aryl methyl sites for hydroxylation is 2. The van der Waals surface area contributed by atoms with Crippen LogP contribution in [0.1, 0.15) is 41.3 Å². The van der Waals surface area contributed by atoms with Gasteiger partial charge in [0.25, 0.3) is 0 Å². The molecule has 0 spiro atoms. The highest BCUT2D eigenvalue weighted by Gasteiger charge is 2.15. The number of carbonyl (C=O) groups is 1. The lowest BCUT2D eigenvalue weighted by atomic mass is 9.88. The summed E-state index contributed by atoms with van der Waals surface area (Å²) in [6, 6.07) is 28.8. The number of hydrogen-bond donors (Lipinski definition) is 1. The Morgan fingerprint density at radius 2 is 1.53 bits per heavy atom. The van der Waals surface area contributed by atoms with Crippen molar-refractivity contribution in [2.24, 2.45) is 0 Å². The molecule has 0 radical (unpaired) electrons. The first kappa shape index (κ1) is 21.5. The molecule has 4 aromatic rings. The van der Waals surface area contributed by atoms with Gasteiger partial charge in [-0.25, -0.2) is 0 Å². The predicted molar refractivity (Wildman–Crippen MR) is 125 cm³/mol. The van der Waals surface area contributed by atoms with Gasteiger partial charge in [0.2, 0.25) is 17.6 Å². The number of hydrogen-bond acceptors (Lipinski definition) is 4. The molecule has 0 saturated heterocycles. The van der Waals surface area contributed by atoms with E-state index in [2.05, 4.69) is 64.0 Å². The van der Waals surface area contributed by atoms with Crippen molar-refractivity contribution >= 4 is 5.91 Å². The molecule has 3 aromatic carbocycles. The summed E-state index contributed by atoms with van der Waals surface area (Å²) in [5, 5.41) is 7.07. The smallest absolute Gasteiger partial charge is 0.227 e. The Kier molecular flexibility index (Phi) is 7.08. The number of carbonyl (C=O) groups excluding carboxylic acids is 1. The van der Waals surface area contributed by atoms with E-state index in [1.807, 2.05) is 43.3 Å². The number of rotatable bonds is 9. The summed E-state index contributed by atoms with van der Waals surface area (Å²) in [4.78, 5) is 16.8. The molecular weight excluding hydrogens is 398 g/mol. The van der Waals surface area contributed by atoms with E-state index in [-0.39, 0.29) is 11.8 Å². The molecule has 0 atom stereocenters. The minimum atomic E-state index is -0.0139. The number of nitrogens with zero attached hydrogens (tertiary/aromatic N) is 2. The first-order valence-electron chi connectivity index (χ1n) is 11.0. The molecule has 5 heteroatoms. The Morgan fingerprint density at radius 1 is 0.906 bits per heavy atom. The molecule has 1 heterocycles. The average molecular weight is 426 g/mol. The zero-order valence-corrected chi connectivity index (χ0v) is 18.2. The molecule has 162 valence electrons. The number of aromatic nitrogens is 2. The summed E-state index contributed by atoms with van der Waals surface area (Å²) in [6.45, 7) is 2.64. The van der Waals surface area contributed by atoms with Crippen LogP contribution in [0.5, 0.6) is 0 Å². The topological polar surface area (TPSA) is 68.0 Å². The van der Waals surface area contributed by atoms with Gasteiger partial charge < -0.3 is 9.84 Å². The van der Waals surface area contributed by atoms with Gasteiger partial charge in [0.15, 0.2) is 0 Å². The van der Waals surface area contributed by atoms with Gasteiger partial charge in [-0.15, -0.1) is 0 Å². The summed E-state index contributed by atoms with van der Waals surface area (Å²) < 4.78 is 5.32. The fourth-order valence-corrected chi connectivity index (χ4v) is 3.74. The minimum absolute atomic E-state index is 0.0139. The molecule has 1 amide bonds. The van der Waals surface area contributed by atoms with Gasteiger partial charge in [0.1, 0.15) is 0 Å². The second-order valence-electron chi connectivity index (χ2n) is 7.89. The Labute approximate surface area is 188 Å². The van der Waals surface area contributed by atoms with Crippen LogP contribution in [0.4, 0.5) is 0 Å². The summed E-state index contributed by atoms with van der Waals surface area (Å²) in [6.07, 6.45) is 1.57. The van der Waals surface area contributed by atoms with E-state index in [1.165, 1.54) is 16.7 Å². The van der Waals surface area contributed by atoms with Crippen LogP contribution >= 0.6 is 0 Å². The van der Waals surface area contributed by atoms with Crippen LogP contribution < -0.4 is 5.32 Å². The molecule has 4 rings (SSSR count). The van der Waals surface area contributed by atoms with Crippen LogP contribution in [0.25, 0.3) is 11.4 Å². The largest absolute Gasteiger partial charge is 0.356 e. The normalized spacial score (nSPS) is 10.9. The van der Waals surface area contributed by atoms with E-state index in [0.29, 0.717) is 31.1 Å². The third-order valence-electron chi connectivity index (χ3n) is 5.50. The maximum atomic E-state index is 12.4. The lowest BCUT2D eigenvalue weighted by Crippen LogP contribution is -2.26. The van der Waals surface area contributed by atoms with Crippen LogP contribution in [0, 0.1) is 6.92 Å². The van der Waals surface area contributed by atoms with Gasteiger partial charge in [-0.2, -0.15) is 4.98 Å². The maximum absolute atomic E-state index is 12.4. The average Bonchev–Trinajstić information content (AvgIpc) is 3.31. The molecule has 0 unspecified atom stereocenters. The quantitative estimate of drug-likeness (QED) is 0.394. The molecular formula is C27H27N3O2. The van der Waals surface area contributed by atoms with Gasteiger partial charge >= 0.3 is 0 Å². The van der Waals surface area contributed by atoms with Gasteiger partial charge in [-0.3, -0.25) is 4.79 Å². The van der Waals surface area contributed by atoms with E-state index in [4.69, 9.17) is 4.52 Å². The molecule has 0 bridgehead atoms. The highest BCUT2D eigenvalue weighted by Crippen LogP contribution is 2.27. The lowest BCUT2D eigenvalue weighted by molar-refractivity contribution is -0.121. The van der Waals surface area contributed by atoms with Crippen molar-refractivity contribution in [2.75, 3.05) is 6.54 Å². The Bertz CT molecular complexity index is 1080. The highest BCUT2D eigenvalue weighted by atomic mass is 16.5. The monoisotopic (exact) mass is 425 g/mol. The standard InChI is InChI=1S/C27H27N3O2/c1-20-12-14-23(15-13-20)27-29-26(32-30-27)17-16-25(31)28-19-18-24(21-8-4-2-5-9-21)22-10-6-3-7-11-22/h2-15,24H,16-19H2,1H3,(H,28,31). The van der Waals surface area contributed by atoms with Crippen molar-refractivity contribution < 1.29 is 9.32 Å². The van der Waals surface area contributed by atoms with E-state index in [0.717, 1.165) is 12.0 Å². The minimum Gasteiger partial charge on any atom is -0.356 e. The Balaban J connectivity index is 1.28. The van der Waals surface area contributed by atoms with Crippen LogP contribution in [-0.2, 0) is 11.2 Å². The molecule has 0 fully saturated rings. The van der Waals surface area contributed by atoms with E-state index in [9.17, 15) is 4.79 Å². The van der Waals surface area contributed by atoms with Crippen molar-refractivity contribution in [3.05, 3.63) is 108 Å². The lowest BCUT2D eigenvalue weighted by Gasteiger charge is -2.18. The molecule has 0 aliphatic rings. The summed E-state index contributed by atoms with van der Waals surface area (Å²) >= 11 is 0. The third kappa shape index (κ3) is 5.70. The zero-order valence-electron chi connectivity index (χ0n) is 18.2.